The fourth-order valence-corrected chi connectivity index (χ4v) is 4.09. The lowest BCUT2D eigenvalue weighted by Gasteiger charge is -2.44. The Bertz CT molecular complexity index is 928. The number of esters is 2. The summed E-state index contributed by atoms with van der Waals surface area (Å²) in [5, 5.41) is 4.29. The van der Waals surface area contributed by atoms with Crippen LogP contribution in [0.2, 0.25) is 0 Å². The Kier molecular flexibility index (Phi) is 6.13. The quantitative estimate of drug-likeness (QED) is 0.529. The van der Waals surface area contributed by atoms with Gasteiger partial charge in [-0.3, -0.25) is 5.32 Å². The minimum Gasteiger partial charge on any atom is -0.497 e. The molecule has 3 rings (SSSR count). The molecule has 164 valence electrons. The van der Waals surface area contributed by atoms with Crippen LogP contribution in [0.5, 0.6) is 5.75 Å². The third-order valence-corrected chi connectivity index (χ3v) is 6.21. The number of methoxy groups -OCH3 is 1. The first-order valence-electron chi connectivity index (χ1n) is 10.5. The average Bonchev–Trinajstić information content (AvgIpc) is 3.10. The van der Waals surface area contributed by atoms with Crippen LogP contribution in [-0.4, -0.2) is 42.8 Å². The van der Waals surface area contributed by atoms with Crippen molar-refractivity contribution in [2.45, 2.75) is 59.0 Å². The number of nitrogens with one attached hydrogen (secondary N) is 2. The molecule has 2 N–H and O–H groups in total. The zero-order valence-electron chi connectivity index (χ0n) is 18.7. The highest BCUT2D eigenvalue weighted by atomic mass is 16.6. The molecule has 0 saturated carbocycles. The van der Waals surface area contributed by atoms with Gasteiger partial charge in [0, 0.05) is 23.0 Å². The highest BCUT2D eigenvalue weighted by Crippen LogP contribution is 2.45. The van der Waals surface area contributed by atoms with Crippen molar-refractivity contribution >= 4 is 22.8 Å². The van der Waals surface area contributed by atoms with Crippen molar-refractivity contribution in [2.75, 3.05) is 20.3 Å². The number of aromatic nitrogens is 1. The standard InChI is InChI=1S/C23H32N2O5/c1-7-22(4,5)19-18-16(15-12-14(28-6)10-11-17(15)24-18)13-23(25-19,20(26)29-8-2)21(27)30-9-3/h10-12,19,24-25H,7-9,13H2,1-6H3/t19-/m0/s1. The maximum absolute atomic E-state index is 13.2. The fraction of sp³-hybridized carbons (Fsp3) is 0.565. The number of benzene rings is 1. The first-order chi connectivity index (χ1) is 14.2. The second-order valence-electron chi connectivity index (χ2n) is 8.37. The van der Waals surface area contributed by atoms with E-state index >= 15 is 0 Å². The van der Waals surface area contributed by atoms with E-state index in [0.717, 1.165) is 28.6 Å². The average molecular weight is 417 g/mol. The Hall–Kier alpha value is -2.54. The summed E-state index contributed by atoms with van der Waals surface area (Å²) in [7, 11) is 1.62. The van der Waals surface area contributed by atoms with Crippen molar-refractivity contribution in [2.24, 2.45) is 5.41 Å². The molecule has 0 fully saturated rings. The minimum absolute atomic E-state index is 0.142. The Morgan fingerprint density at radius 3 is 2.30 bits per heavy atom. The number of carbonyl (C=O) groups is 2. The number of H-pyrrole nitrogens is 1. The smallest absolute Gasteiger partial charge is 0.338 e. The molecule has 2 heterocycles. The van der Waals surface area contributed by atoms with Crippen LogP contribution in [0.4, 0.5) is 0 Å². The predicted molar refractivity (Wildman–Crippen MR) is 115 cm³/mol. The molecule has 7 nitrogen and oxygen atoms in total. The lowest BCUT2D eigenvalue weighted by Crippen LogP contribution is -2.65. The van der Waals surface area contributed by atoms with Crippen LogP contribution in [0.25, 0.3) is 10.9 Å². The normalized spacial score (nSPS) is 18.0. The van der Waals surface area contributed by atoms with Gasteiger partial charge in [0.15, 0.2) is 0 Å². The molecule has 0 radical (unpaired) electrons. The predicted octanol–water partition coefficient (Wildman–Crippen LogP) is 3.66. The number of fused-ring (bicyclic) bond motifs is 3. The molecule has 1 aromatic carbocycles. The van der Waals surface area contributed by atoms with Gasteiger partial charge in [0.2, 0.25) is 5.54 Å². The summed E-state index contributed by atoms with van der Waals surface area (Å²) in [4.78, 5) is 29.9. The lowest BCUT2D eigenvalue weighted by atomic mass is 9.73. The van der Waals surface area contributed by atoms with Crippen LogP contribution in [-0.2, 0) is 25.5 Å². The van der Waals surface area contributed by atoms with E-state index in [2.05, 4.69) is 31.1 Å². The number of rotatable bonds is 7. The van der Waals surface area contributed by atoms with Gasteiger partial charge in [-0.1, -0.05) is 20.8 Å². The fourth-order valence-electron chi connectivity index (χ4n) is 4.09. The molecule has 1 aliphatic heterocycles. The molecule has 2 aromatic rings. The lowest BCUT2D eigenvalue weighted by molar-refractivity contribution is -0.168. The highest BCUT2D eigenvalue weighted by Gasteiger charge is 2.56. The van der Waals surface area contributed by atoms with E-state index < -0.39 is 17.5 Å². The summed E-state index contributed by atoms with van der Waals surface area (Å²) in [5.74, 6) is -0.501. The van der Waals surface area contributed by atoms with E-state index in [1.165, 1.54) is 0 Å². The van der Waals surface area contributed by atoms with Gasteiger partial charge >= 0.3 is 11.9 Å². The summed E-state index contributed by atoms with van der Waals surface area (Å²) in [6.07, 6.45) is 0.980. The molecular weight excluding hydrogens is 384 g/mol. The molecule has 0 amide bonds. The molecule has 0 unspecified atom stereocenters. The van der Waals surface area contributed by atoms with Crippen LogP contribution in [0.1, 0.15) is 58.3 Å². The number of aromatic amines is 1. The van der Waals surface area contributed by atoms with Crippen molar-refractivity contribution < 1.29 is 23.8 Å². The Morgan fingerprint density at radius 2 is 1.77 bits per heavy atom. The summed E-state index contributed by atoms with van der Waals surface area (Å²) < 4.78 is 16.1. The molecule has 1 aromatic heterocycles. The number of carbonyl (C=O) groups excluding carboxylic acids is 2. The molecule has 0 aliphatic carbocycles. The molecule has 0 bridgehead atoms. The first kappa shape index (κ1) is 22.2. The van der Waals surface area contributed by atoms with Crippen LogP contribution >= 0.6 is 0 Å². The van der Waals surface area contributed by atoms with Crippen LogP contribution in [0.3, 0.4) is 0 Å². The Balaban J connectivity index is 2.27. The van der Waals surface area contributed by atoms with Gasteiger partial charge in [-0.2, -0.15) is 0 Å². The van der Waals surface area contributed by atoms with Crippen LogP contribution in [0.15, 0.2) is 18.2 Å². The van der Waals surface area contributed by atoms with Gasteiger partial charge in [0.25, 0.3) is 0 Å². The molecule has 0 spiro atoms. The van der Waals surface area contributed by atoms with E-state index in [4.69, 9.17) is 14.2 Å². The van der Waals surface area contributed by atoms with E-state index in [1.54, 1.807) is 21.0 Å². The SMILES string of the molecule is CCOC(=O)C1(C(=O)OCC)Cc2c([nH]c3ccc(OC)cc23)[C@@H](C(C)(C)CC)N1. The van der Waals surface area contributed by atoms with Crippen LogP contribution < -0.4 is 10.1 Å². The van der Waals surface area contributed by atoms with Gasteiger partial charge < -0.3 is 19.2 Å². The Labute approximate surface area is 177 Å². The molecule has 30 heavy (non-hydrogen) atoms. The zero-order valence-corrected chi connectivity index (χ0v) is 18.7. The highest BCUT2D eigenvalue weighted by molar-refractivity contribution is 6.06. The third-order valence-electron chi connectivity index (χ3n) is 6.21. The molecule has 1 aliphatic rings. The van der Waals surface area contributed by atoms with Crippen LogP contribution in [0, 0.1) is 5.41 Å². The minimum atomic E-state index is -1.60. The van der Waals surface area contributed by atoms with Gasteiger partial charge in [0.05, 0.1) is 26.4 Å². The van der Waals surface area contributed by atoms with E-state index in [0.29, 0.717) is 5.75 Å². The van der Waals surface area contributed by atoms with E-state index in [1.807, 2.05) is 18.2 Å². The Morgan fingerprint density at radius 1 is 1.13 bits per heavy atom. The second kappa shape index (κ2) is 8.30. The monoisotopic (exact) mass is 416 g/mol. The zero-order chi connectivity index (χ0) is 22.1. The van der Waals surface area contributed by atoms with Gasteiger partial charge in [-0.15, -0.1) is 0 Å². The van der Waals surface area contributed by atoms with Crippen molar-refractivity contribution in [3.63, 3.8) is 0 Å². The van der Waals surface area contributed by atoms with Gasteiger partial charge in [-0.25, -0.2) is 9.59 Å². The van der Waals surface area contributed by atoms with Crippen molar-refractivity contribution in [1.82, 2.24) is 10.3 Å². The summed E-state index contributed by atoms with van der Waals surface area (Å²) >= 11 is 0. The maximum atomic E-state index is 13.2. The first-order valence-corrected chi connectivity index (χ1v) is 10.5. The summed E-state index contributed by atoms with van der Waals surface area (Å²) in [6.45, 7) is 10.2. The molecular formula is C23H32N2O5. The van der Waals surface area contributed by atoms with E-state index in [9.17, 15) is 9.59 Å². The third kappa shape index (κ3) is 3.55. The maximum Gasteiger partial charge on any atom is 0.338 e. The van der Waals surface area contributed by atoms with Crippen molar-refractivity contribution in [3.8, 4) is 5.75 Å². The number of ether oxygens (including phenoxy) is 3. The van der Waals surface area contributed by atoms with Crippen molar-refractivity contribution in [1.29, 1.82) is 0 Å². The second-order valence-corrected chi connectivity index (χ2v) is 8.37. The van der Waals surface area contributed by atoms with Gasteiger partial charge in [0.1, 0.15) is 5.75 Å². The number of hydrogen-bond acceptors (Lipinski definition) is 6. The van der Waals surface area contributed by atoms with Crippen molar-refractivity contribution in [3.05, 3.63) is 29.5 Å². The van der Waals surface area contributed by atoms with Gasteiger partial charge in [-0.05, 0) is 49.4 Å². The molecule has 0 saturated heterocycles. The molecule has 7 heteroatoms. The summed E-state index contributed by atoms with van der Waals surface area (Å²) in [6, 6.07) is 5.51. The molecule has 1 atom stereocenters. The number of hydrogen-bond donors (Lipinski definition) is 2. The topological polar surface area (TPSA) is 89.7 Å². The van der Waals surface area contributed by atoms with E-state index in [-0.39, 0.29) is 31.1 Å². The largest absolute Gasteiger partial charge is 0.497 e. The summed E-state index contributed by atoms with van der Waals surface area (Å²) in [5.41, 5.74) is 0.978.